The van der Waals surface area contributed by atoms with Crippen molar-refractivity contribution >= 4 is 23.1 Å². The monoisotopic (exact) mass is 486 g/mol. The average molecular weight is 487 g/mol. The Bertz CT molecular complexity index is 911. The lowest BCUT2D eigenvalue weighted by molar-refractivity contribution is 0.0300. The Morgan fingerprint density at radius 2 is 1.88 bits per heavy atom. The minimum absolute atomic E-state index is 0.276. The van der Waals surface area contributed by atoms with Crippen molar-refractivity contribution in [2.45, 2.75) is 57.5 Å². The van der Waals surface area contributed by atoms with Gasteiger partial charge in [0.15, 0.2) is 0 Å². The summed E-state index contributed by atoms with van der Waals surface area (Å²) in [6, 6.07) is 11.6. The van der Waals surface area contributed by atoms with Gasteiger partial charge in [-0.15, -0.1) is 0 Å². The molecule has 2 aliphatic rings. The van der Waals surface area contributed by atoms with Crippen molar-refractivity contribution in [3.8, 4) is 11.1 Å². The molecule has 34 heavy (non-hydrogen) atoms. The summed E-state index contributed by atoms with van der Waals surface area (Å²) in [6.45, 7) is 6.68. The number of pyridine rings is 1. The highest BCUT2D eigenvalue weighted by atomic mass is 35.5. The number of halogens is 1. The van der Waals surface area contributed by atoms with Crippen LogP contribution in [0.4, 0.5) is 11.5 Å². The third-order valence-electron chi connectivity index (χ3n) is 7.27. The second-order valence-electron chi connectivity index (χ2n) is 10.0. The van der Waals surface area contributed by atoms with Gasteiger partial charge in [0.25, 0.3) is 0 Å². The summed E-state index contributed by atoms with van der Waals surface area (Å²) in [6.07, 6.45) is 8.55. The maximum atomic E-state index is 6.58. The topological polar surface area (TPSA) is 67.4 Å². The van der Waals surface area contributed by atoms with Crippen LogP contribution in [0.5, 0.6) is 0 Å². The van der Waals surface area contributed by atoms with Gasteiger partial charge in [-0.25, -0.2) is 4.98 Å². The molecule has 1 aromatic heterocycles. The van der Waals surface area contributed by atoms with Crippen LogP contribution in [0, 0.1) is 5.41 Å². The van der Waals surface area contributed by atoms with Gasteiger partial charge in [0.1, 0.15) is 5.82 Å². The van der Waals surface area contributed by atoms with Gasteiger partial charge in [0.2, 0.25) is 0 Å². The maximum absolute atomic E-state index is 6.58. The van der Waals surface area contributed by atoms with E-state index in [1.54, 1.807) is 13.3 Å². The molecule has 7 heteroatoms. The fourth-order valence-electron chi connectivity index (χ4n) is 4.91. The van der Waals surface area contributed by atoms with Crippen molar-refractivity contribution in [2.24, 2.45) is 5.41 Å². The largest absolute Gasteiger partial charge is 0.384 e. The van der Waals surface area contributed by atoms with Gasteiger partial charge < -0.3 is 25.4 Å². The molecule has 2 fully saturated rings. The highest BCUT2D eigenvalue weighted by Gasteiger charge is 2.27. The molecule has 2 aromatic rings. The molecular formula is C27H39ClN4O2. The molecule has 186 valence electrons. The van der Waals surface area contributed by atoms with Crippen LogP contribution < -0.4 is 16.0 Å². The van der Waals surface area contributed by atoms with E-state index in [9.17, 15) is 0 Å². The highest BCUT2D eigenvalue weighted by molar-refractivity contribution is 6.33. The zero-order chi connectivity index (χ0) is 23.8. The van der Waals surface area contributed by atoms with Gasteiger partial charge in [-0.3, -0.25) is 0 Å². The summed E-state index contributed by atoms with van der Waals surface area (Å²) < 4.78 is 10.7. The number of rotatable bonds is 10. The Morgan fingerprint density at radius 3 is 2.65 bits per heavy atom. The van der Waals surface area contributed by atoms with Crippen LogP contribution >= 0.6 is 11.6 Å². The van der Waals surface area contributed by atoms with E-state index in [2.05, 4.69) is 58.2 Å². The Labute approximate surface area is 209 Å². The number of hydrogen-bond donors (Lipinski definition) is 3. The van der Waals surface area contributed by atoms with E-state index in [1.807, 2.05) is 0 Å². The summed E-state index contributed by atoms with van der Waals surface area (Å²) in [4.78, 5) is 4.56. The van der Waals surface area contributed by atoms with Gasteiger partial charge in [-0.2, -0.15) is 0 Å². The molecule has 0 bridgehead atoms. The second kappa shape index (κ2) is 12.2. The molecule has 0 radical (unpaired) electrons. The van der Waals surface area contributed by atoms with Crippen molar-refractivity contribution in [1.82, 2.24) is 10.3 Å². The van der Waals surface area contributed by atoms with Gasteiger partial charge in [0.05, 0.1) is 11.6 Å². The number of aromatic nitrogens is 1. The first-order valence-corrected chi connectivity index (χ1v) is 13.0. The van der Waals surface area contributed by atoms with Crippen LogP contribution in [0.15, 0.2) is 36.5 Å². The number of methoxy groups -OCH3 is 1. The fourth-order valence-corrected chi connectivity index (χ4v) is 5.12. The van der Waals surface area contributed by atoms with Gasteiger partial charge in [-0.05, 0) is 67.7 Å². The molecule has 4 rings (SSSR count). The van der Waals surface area contributed by atoms with Crippen LogP contribution in [0.2, 0.25) is 5.02 Å². The predicted octanol–water partition coefficient (Wildman–Crippen LogP) is 5.59. The molecule has 0 amide bonds. The molecule has 1 saturated carbocycles. The van der Waals surface area contributed by atoms with Crippen molar-refractivity contribution in [3.63, 3.8) is 0 Å². The Hall–Kier alpha value is -1.86. The molecule has 6 nitrogen and oxygen atoms in total. The van der Waals surface area contributed by atoms with E-state index in [0.29, 0.717) is 17.1 Å². The van der Waals surface area contributed by atoms with Crippen molar-refractivity contribution in [3.05, 3.63) is 41.6 Å². The molecule has 1 saturated heterocycles. The Morgan fingerprint density at radius 1 is 1.12 bits per heavy atom. The normalized spacial score (nSPS) is 22.3. The summed E-state index contributed by atoms with van der Waals surface area (Å²) in [5.74, 6) is 0.892. The molecule has 0 atom stereocenters. The number of anilines is 2. The molecule has 3 N–H and O–H groups in total. The third-order valence-corrected chi connectivity index (χ3v) is 7.57. The minimum atomic E-state index is 0.276. The zero-order valence-electron chi connectivity index (χ0n) is 20.5. The first kappa shape index (κ1) is 25.2. The lowest BCUT2D eigenvalue weighted by atomic mass is 9.82. The van der Waals surface area contributed by atoms with E-state index in [-0.39, 0.29) is 5.41 Å². The lowest BCUT2D eigenvalue weighted by Crippen LogP contribution is -2.38. The minimum Gasteiger partial charge on any atom is -0.384 e. The molecule has 0 unspecified atom stereocenters. The van der Waals surface area contributed by atoms with Crippen LogP contribution in [0.3, 0.4) is 0 Å². The highest BCUT2D eigenvalue weighted by Crippen LogP contribution is 2.33. The third kappa shape index (κ3) is 7.08. The van der Waals surface area contributed by atoms with Crippen molar-refractivity contribution in [2.75, 3.05) is 50.7 Å². The lowest BCUT2D eigenvalue weighted by Gasteiger charge is -2.34. The van der Waals surface area contributed by atoms with E-state index >= 15 is 0 Å². The molecule has 1 aliphatic carbocycles. The molecule has 2 heterocycles. The van der Waals surface area contributed by atoms with Crippen LogP contribution in [0.25, 0.3) is 11.1 Å². The Kier molecular flexibility index (Phi) is 9.06. The maximum Gasteiger partial charge on any atom is 0.126 e. The summed E-state index contributed by atoms with van der Waals surface area (Å²) >= 11 is 6.58. The summed E-state index contributed by atoms with van der Waals surface area (Å²) in [7, 11) is 1.75. The van der Waals surface area contributed by atoms with E-state index < -0.39 is 0 Å². The number of nitrogens with zero attached hydrogens (tertiary/aromatic N) is 1. The van der Waals surface area contributed by atoms with Crippen LogP contribution in [0.1, 0.15) is 45.4 Å². The van der Waals surface area contributed by atoms with E-state index in [0.717, 1.165) is 81.2 Å². The van der Waals surface area contributed by atoms with Crippen molar-refractivity contribution in [1.29, 1.82) is 0 Å². The number of ether oxygens (including phenoxy) is 2. The smallest absolute Gasteiger partial charge is 0.126 e. The quantitative estimate of drug-likeness (QED) is 0.380. The fraction of sp³-hybridized carbons (Fsp3) is 0.593. The van der Waals surface area contributed by atoms with Gasteiger partial charge in [0, 0.05) is 62.9 Å². The van der Waals surface area contributed by atoms with Crippen LogP contribution in [-0.2, 0) is 9.47 Å². The molecule has 1 aliphatic heterocycles. The second-order valence-corrected chi connectivity index (χ2v) is 10.5. The van der Waals surface area contributed by atoms with Crippen LogP contribution in [-0.4, -0.2) is 57.1 Å². The SMILES string of the molecule is COCCN[C@H]1CC[C@H](Nc2cc(-c3cccc(NCC4(C)CCOCC4)c3)c(Cl)cn2)CC1. The molecule has 0 spiro atoms. The van der Waals surface area contributed by atoms with E-state index in [4.69, 9.17) is 21.1 Å². The number of hydrogen-bond acceptors (Lipinski definition) is 6. The van der Waals surface area contributed by atoms with Crippen molar-refractivity contribution < 1.29 is 9.47 Å². The number of benzene rings is 1. The number of nitrogens with one attached hydrogen (secondary N) is 3. The zero-order valence-corrected chi connectivity index (χ0v) is 21.3. The first-order chi connectivity index (χ1) is 16.5. The molecular weight excluding hydrogens is 448 g/mol. The Balaban J connectivity index is 1.36. The average Bonchev–Trinajstić information content (AvgIpc) is 2.86. The van der Waals surface area contributed by atoms with E-state index in [1.165, 1.54) is 12.8 Å². The summed E-state index contributed by atoms with van der Waals surface area (Å²) in [5.41, 5.74) is 3.50. The molecule has 1 aromatic carbocycles. The first-order valence-electron chi connectivity index (χ1n) is 12.6. The summed E-state index contributed by atoms with van der Waals surface area (Å²) in [5, 5.41) is 11.5. The standard InChI is InChI=1S/C27H39ClN4O2/c1-27(10-13-34-14-11-27)19-31-23-5-3-4-20(16-23)24-17-26(30-18-25(24)28)32-22-8-6-21(7-9-22)29-12-15-33-2/h3-5,16-18,21-22,29,31H,6-15,19H2,1-2H3,(H,30,32)/t21-,22-. The predicted molar refractivity (Wildman–Crippen MR) is 141 cm³/mol. The van der Waals surface area contributed by atoms with Gasteiger partial charge >= 0.3 is 0 Å². The van der Waals surface area contributed by atoms with Gasteiger partial charge in [-0.1, -0.05) is 30.7 Å².